The van der Waals surface area contributed by atoms with Crippen LogP contribution >= 0.6 is 15.9 Å². The summed E-state index contributed by atoms with van der Waals surface area (Å²) in [6.45, 7) is 3.90. The summed E-state index contributed by atoms with van der Waals surface area (Å²) in [6, 6.07) is 11.4. The van der Waals surface area contributed by atoms with Crippen molar-refractivity contribution in [3.05, 3.63) is 65.0 Å². The van der Waals surface area contributed by atoms with Gasteiger partial charge in [-0.05, 0) is 37.6 Å². The zero-order valence-electron chi connectivity index (χ0n) is 10.4. The van der Waals surface area contributed by atoms with Crippen molar-refractivity contribution < 1.29 is 4.79 Å². The van der Waals surface area contributed by atoms with Crippen molar-refractivity contribution in [3.63, 3.8) is 0 Å². The summed E-state index contributed by atoms with van der Waals surface area (Å²) >= 11 is 3.47. The van der Waals surface area contributed by atoms with Crippen LogP contribution in [0.4, 0.5) is 0 Å². The van der Waals surface area contributed by atoms with Gasteiger partial charge >= 0.3 is 0 Å². The number of ketones is 1. The fourth-order valence-corrected chi connectivity index (χ4v) is 2.37. The third-order valence-electron chi connectivity index (χ3n) is 2.75. The van der Waals surface area contributed by atoms with Gasteiger partial charge in [0.25, 0.3) is 0 Å². The van der Waals surface area contributed by atoms with E-state index in [1.807, 2.05) is 50.2 Å². The highest BCUT2D eigenvalue weighted by atomic mass is 79.9. The molecule has 2 nitrogen and oxygen atoms in total. The maximum absolute atomic E-state index is 12.3. The highest BCUT2D eigenvalue weighted by molar-refractivity contribution is 9.09. The highest BCUT2D eigenvalue weighted by Gasteiger charge is 2.19. The highest BCUT2D eigenvalue weighted by Crippen LogP contribution is 2.27. The number of alkyl halides is 1. The summed E-state index contributed by atoms with van der Waals surface area (Å²) in [7, 11) is 0. The first-order valence-electron chi connectivity index (χ1n) is 5.75. The molecule has 3 heteroatoms. The first-order valence-corrected chi connectivity index (χ1v) is 6.67. The topological polar surface area (TPSA) is 30.0 Å². The van der Waals surface area contributed by atoms with E-state index in [-0.39, 0.29) is 10.6 Å². The van der Waals surface area contributed by atoms with Crippen molar-refractivity contribution >= 4 is 21.7 Å². The van der Waals surface area contributed by atoms with Crippen LogP contribution < -0.4 is 0 Å². The number of aryl methyl sites for hydroxylation is 2. The Morgan fingerprint density at radius 1 is 1.22 bits per heavy atom. The quantitative estimate of drug-likeness (QED) is 0.633. The molecule has 0 saturated heterocycles. The van der Waals surface area contributed by atoms with Crippen LogP contribution in [0.2, 0.25) is 0 Å². The van der Waals surface area contributed by atoms with Gasteiger partial charge in [-0.1, -0.05) is 39.7 Å². The van der Waals surface area contributed by atoms with E-state index < -0.39 is 0 Å². The van der Waals surface area contributed by atoms with E-state index in [1.165, 1.54) is 0 Å². The van der Waals surface area contributed by atoms with Gasteiger partial charge in [-0.25, -0.2) is 0 Å². The van der Waals surface area contributed by atoms with E-state index in [0.29, 0.717) is 0 Å². The monoisotopic (exact) mass is 303 g/mol. The van der Waals surface area contributed by atoms with Crippen LogP contribution in [-0.4, -0.2) is 10.8 Å². The third kappa shape index (κ3) is 2.85. The maximum atomic E-state index is 12.3. The summed E-state index contributed by atoms with van der Waals surface area (Å²) < 4.78 is 0. The predicted octanol–water partition coefficient (Wildman–Crippen LogP) is 4.02. The minimum absolute atomic E-state index is 0.0734. The van der Waals surface area contributed by atoms with E-state index in [9.17, 15) is 4.79 Å². The molecule has 0 aliphatic carbocycles. The molecule has 0 aliphatic rings. The second kappa shape index (κ2) is 5.44. The minimum Gasteiger partial charge on any atom is -0.293 e. The molecule has 0 saturated carbocycles. The van der Waals surface area contributed by atoms with Crippen LogP contribution in [0.3, 0.4) is 0 Å². The van der Waals surface area contributed by atoms with E-state index in [4.69, 9.17) is 0 Å². The van der Waals surface area contributed by atoms with E-state index in [0.717, 1.165) is 22.4 Å². The Morgan fingerprint density at radius 3 is 2.67 bits per heavy atom. The lowest BCUT2D eigenvalue weighted by Crippen LogP contribution is -2.07. The van der Waals surface area contributed by atoms with Gasteiger partial charge in [0.1, 0.15) is 4.83 Å². The van der Waals surface area contributed by atoms with Crippen LogP contribution in [0.15, 0.2) is 42.6 Å². The number of pyridine rings is 1. The molecule has 0 unspecified atom stereocenters. The molecule has 0 bridgehead atoms. The number of benzene rings is 1. The maximum Gasteiger partial charge on any atom is 0.180 e. The molecule has 0 N–H and O–H groups in total. The molecule has 0 radical (unpaired) electrons. The Hall–Kier alpha value is -1.48. The van der Waals surface area contributed by atoms with Crippen molar-refractivity contribution in [3.8, 4) is 0 Å². The normalized spacial score (nSPS) is 12.2. The number of carbonyl (C=O) groups is 1. The fraction of sp³-hybridized carbons (Fsp3) is 0.200. The molecular formula is C15H14BrNO. The molecule has 0 aliphatic heterocycles. The minimum atomic E-state index is -0.319. The molecule has 1 heterocycles. The van der Waals surface area contributed by atoms with Crippen molar-refractivity contribution in [1.29, 1.82) is 0 Å². The second-order valence-corrected chi connectivity index (χ2v) is 5.24. The zero-order chi connectivity index (χ0) is 13.1. The van der Waals surface area contributed by atoms with Crippen LogP contribution in [0.5, 0.6) is 0 Å². The molecule has 0 spiro atoms. The average Bonchev–Trinajstić information content (AvgIpc) is 2.37. The van der Waals surface area contributed by atoms with Gasteiger partial charge in [-0.2, -0.15) is 0 Å². The van der Waals surface area contributed by atoms with Gasteiger partial charge in [0.15, 0.2) is 5.78 Å². The average molecular weight is 304 g/mol. The van der Waals surface area contributed by atoms with E-state index in [2.05, 4.69) is 20.9 Å². The number of nitrogens with zero attached hydrogens (tertiary/aromatic N) is 1. The molecule has 18 heavy (non-hydrogen) atoms. The molecule has 1 aromatic carbocycles. The number of aromatic nitrogens is 1. The molecular weight excluding hydrogens is 290 g/mol. The van der Waals surface area contributed by atoms with Gasteiger partial charge in [0.05, 0.1) is 0 Å². The number of Topliss-reactive ketones (excluding diaryl/α,β-unsaturated/α-hetero) is 1. The summed E-state index contributed by atoms with van der Waals surface area (Å²) in [5.74, 6) is 0.0734. The molecule has 0 amide bonds. The van der Waals surface area contributed by atoms with Crippen LogP contribution in [-0.2, 0) is 0 Å². The number of carbonyl (C=O) groups excluding carboxylic acids is 1. The number of rotatable bonds is 3. The predicted molar refractivity (Wildman–Crippen MR) is 76.2 cm³/mol. The van der Waals surface area contributed by atoms with Gasteiger partial charge in [0.2, 0.25) is 0 Å². The van der Waals surface area contributed by atoms with Gasteiger partial charge in [0, 0.05) is 17.5 Å². The van der Waals surface area contributed by atoms with Crippen molar-refractivity contribution in [1.82, 2.24) is 4.98 Å². The van der Waals surface area contributed by atoms with Crippen molar-refractivity contribution in [2.75, 3.05) is 0 Å². The number of hydrogen-bond acceptors (Lipinski definition) is 2. The summed E-state index contributed by atoms with van der Waals surface area (Å²) in [5.41, 5.74) is 3.67. The Balaban J connectivity index is 2.29. The Morgan fingerprint density at radius 2 is 2.00 bits per heavy atom. The molecule has 2 aromatic rings. The lowest BCUT2D eigenvalue weighted by molar-refractivity contribution is 0.0991. The fourth-order valence-electron chi connectivity index (χ4n) is 1.82. The largest absolute Gasteiger partial charge is 0.293 e. The van der Waals surface area contributed by atoms with Crippen molar-refractivity contribution in [2.45, 2.75) is 18.7 Å². The van der Waals surface area contributed by atoms with E-state index in [1.54, 1.807) is 6.20 Å². The summed E-state index contributed by atoms with van der Waals surface area (Å²) in [4.78, 5) is 16.2. The van der Waals surface area contributed by atoms with Gasteiger partial charge in [-0.3, -0.25) is 9.78 Å². The van der Waals surface area contributed by atoms with Gasteiger partial charge in [-0.15, -0.1) is 0 Å². The van der Waals surface area contributed by atoms with Crippen LogP contribution in [0, 0.1) is 13.8 Å². The zero-order valence-corrected chi connectivity index (χ0v) is 11.9. The first-order chi connectivity index (χ1) is 8.58. The van der Waals surface area contributed by atoms with Crippen LogP contribution in [0.1, 0.15) is 32.0 Å². The van der Waals surface area contributed by atoms with Crippen LogP contribution in [0.25, 0.3) is 0 Å². The van der Waals surface area contributed by atoms with Crippen molar-refractivity contribution in [2.24, 2.45) is 0 Å². The Bertz CT molecular complexity index is 580. The Kier molecular flexibility index (Phi) is 3.92. The Labute approximate surface area is 115 Å². The molecule has 92 valence electrons. The molecule has 2 rings (SSSR count). The molecule has 1 atom stereocenters. The smallest absolute Gasteiger partial charge is 0.180 e. The van der Waals surface area contributed by atoms with Gasteiger partial charge < -0.3 is 0 Å². The van der Waals surface area contributed by atoms with E-state index >= 15 is 0 Å². The summed E-state index contributed by atoms with van der Waals surface area (Å²) in [6.07, 6.45) is 1.72. The standard InChI is InChI=1S/C15H14BrNO/c1-10-4-3-5-13(8-10)15(18)14(16)12-6-7-17-11(2)9-12/h3-9,14H,1-2H3/t14-/m0/s1. The first kappa shape index (κ1) is 13.0. The molecule has 0 fully saturated rings. The SMILES string of the molecule is Cc1cccc(C(=O)[C@@H](Br)c2ccnc(C)c2)c1. The molecule has 1 aromatic heterocycles. The summed E-state index contributed by atoms with van der Waals surface area (Å²) in [5, 5.41) is 0. The number of halogens is 1. The lowest BCUT2D eigenvalue weighted by Gasteiger charge is -2.10. The number of hydrogen-bond donors (Lipinski definition) is 0. The third-order valence-corrected chi connectivity index (χ3v) is 3.69. The lowest BCUT2D eigenvalue weighted by atomic mass is 10.0. The second-order valence-electron chi connectivity index (χ2n) is 4.33.